The number of carbonyl (C=O) groups is 2. The molecular weight excluding hydrogens is 404 g/mol. The second-order valence-corrected chi connectivity index (χ2v) is 8.23. The molecule has 3 aromatic rings. The third-order valence-electron chi connectivity index (χ3n) is 5.98. The Hall–Kier alpha value is -3.28. The van der Waals surface area contributed by atoms with Crippen LogP contribution < -0.4 is 10.1 Å². The Kier molecular flexibility index (Phi) is 7.57. The SMILES string of the molecule is CCCCC(CC)NC(=O)c1ccc2c(c1)c(Cc1ccc(C(=O)O)cc1OC)cn2C. The summed E-state index contributed by atoms with van der Waals surface area (Å²) in [7, 11) is 3.52. The summed E-state index contributed by atoms with van der Waals surface area (Å²) in [6.07, 6.45) is 6.73. The van der Waals surface area contributed by atoms with E-state index in [2.05, 4.69) is 19.2 Å². The van der Waals surface area contributed by atoms with Crippen LogP contribution in [0.15, 0.2) is 42.6 Å². The molecule has 0 fully saturated rings. The lowest BCUT2D eigenvalue weighted by atomic mass is 10.0. The predicted molar refractivity (Wildman–Crippen MR) is 127 cm³/mol. The van der Waals surface area contributed by atoms with E-state index in [1.54, 1.807) is 25.3 Å². The second-order valence-electron chi connectivity index (χ2n) is 8.23. The number of fused-ring (bicyclic) bond motifs is 1. The topological polar surface area (TPSA) is 80.6 Å². The first-order valence-electron chi connectivity index (χ1n) is 11.2. The van der Waals surface area contributed by atoms with Crippen molar-refractivity contribution in [1.29, 1.82) is 0 Å². The lowest BCUT2D eigenvalue weighted by molar-refractivity contribution is 0.0696. The van der Waals surface area contributed by atoms with Crippen LogP contribution in [0.4, 0.5) is 0 Å². The molecule has 2 aromatic carbocycles. The predicted octanol–water partition coefficient (Wildman–Crippen LogP) is 5.17. The molecule has 0 aliphatic rings. The largest absolute Gasteiger partial charge is 0.496 e. The molecule has 1 heterocycles. The van der Waals surface area contributed by atoms with Gasteiger partial charge >= 0.3 is 5.97 Å². The molecule has 3 rings (SSSR count). The Morgan fingerprint density at radius 2 is 1.84 bits per heavy atom. The number of aromatic carboxylic acids is 1. The maximum atomic E-state index is 12.9. The van der Waals surface area contributed by atoms with Gasteiger partial charge in [-0.15, -0.1) is 0 Å². The molecule has 170 valence electrons. The number of rotatable bonds is 10. The molecule has 6 nitrogen and oxygen atoms in total. The molecule has 0 aliphatic carbocycles. The van der Waals surface area contributed by atoms with Crippen molar-refractivity contribution in [2.45, 2.75) is 52.0 Å². The average Bonchev–Trinajstić information content (AvgIpc) is 3.11. The van der Waals surface area contributed by atoms with Gasteiger partial charge in [-0.1, -0.05) is 32.8 Å². The number of hydrogen-bond donors (Lipinski definition) is 2. The highest BCUT2D eigenvalue weighted by Crippen LogP contribution is 2.29. The van der Waals surface area contributed by atoms with Crippen molar-refractivity contribution in [1.82, 2.24) is 9.88 Å². The van der Waals surface area contributed by atoms with E-state index in [9.17, 15) is 14.7 Å². The number of ether oxygens (including phenoxy) is 1. The van der Waals surface area contributed by atoms with Crippen LogP contribution in [0.2, 0.25) is 0 Å². The first-order valence-corrected chi connectivity index (χ1v) is 11.2. The van der Waals surface area contributed by atoms with Crippen LogP contribution in [0.25, 0.3) is 10.9 Å². The zero-order valence-electron chi connectivity index (χ0n) is 19.3. The number of aromatic nitrogens is 1. The molecule has 2 N–H and O–H groups in total. The first-order chi connectivity index (χ1) is 15.4. The second kappa shape index (κ2) is 10.4. The molecule has 1 unspecified atom stereocenters. The lowest BCUT2D eigenvalue weighted by Gasteiger charge is -2.16. The summed E-state index contributed by atoms with van der Waals surface area (Å²) >= 11 is 0. The van der Waals surface area contributed by atoms with E-state index >= 15 is 0 Å². The third-order valence-corrected chi connectivity index (χ3v) is 5.98. The molecule has 0 radical (unpaired) electrons. The molecule has 1 atom stereocenters. The van der Waals surface area contributed by atoms with E-state index in [1.165, 1.54) is 0 Å². The van der Waals surface area contributed by atoms with Gasteiger partial charge in [0.15, 0.2) is 0 Å². The zero-order chi connectivity index (χ0) is 23.3. The van der Waals surface area contributed by atoms with Gasteiger partial charge in [0.25, 0.3) is 5.91 Å². The molecule has 32 heavy (non-hydrogen) atoms. The Bertz CT molecular complexity index is 1120. The number of nitrogens with zero attached hydrogens (tertiary/aromatic N) is 1. The average molecular weight is 437 g/mol. The number of carboxylic acid groups (broad SMARTS) is 1. The monoisotopic (exact) mass is 436 g/mol. The van der Waals surface area contributed by atoms with Gasteiger partial charge in [-0.25, -0.2) is 4.79 Å². The number of unbranched alkanes of at least 4 members (excludes halogenated alkanes) is 1. The van der Waals surface area contributed by atoms with Crippen LogP contribution in [-0.2, 0) is 13.5 Å². The van der Waals surface area contributed by atoms with E-state index in [4.69, 9.17) is 4.74 Å². The minimum atomic E-state index is -0.986. The van der Waals surface area contributed by atoms with E-state index < -0.39 is 5.97 Å². The summed E-state index contributed by atoms with van der Waals surface area (Å²) in [5, 5.41) is 13.4. The van der Waals surface area contributed by atoms with Crippen molar-refractivity contribution in [3.05, 3.63) is 64.8 Å². The molecule has 0 spiro atoms. The first kappa shape index (κ1) is 23.4. The van der Waals surface area contributed by atoms with E-state index in [1.807, 2.05) is 36.0 Å². The molecule has 1 amide bonds. The summed E-state index contributed by atoms with van der Waals surface area (Å²) in [6, 6.07) is 10.9. The van der Waals surface area contributed by atoms with Crippen LogP contribution >= 0.6 is 0 Å². The van der Waals surface area contributed by atoms with Crippen LogP contribution in [-0.4, -0.2) is 34.7 Å². The Morgan fingerprint density at radius 3 is 2.50 bits per heavy atom. The minimum Gasteiger partial charge on any atom is -0.496 e. The Morgan fingerprint density at radius 1 is 1.09 bits per heavy atom. The maximum absolute atomic E-state index is 12.9. The summed E-state index contributed by atoms with van der Waals surface area (Å²) in [5.41, 5.74) is 3.82. The Balaban J connectivity index is 1.91. The highest BCUT2D eigenvalue weighted by atomic mass is 16.5. The maximum Gasteiger partial charge on any atom is 0.335 e. The van der Waals surface area contributed by atoms with Crippen molar-refractivity contribution in [3.8, 4) is 5.75 Å². The summed E-state index contributed by atoms with van der Waals surface area (Å²) in [4.78, 5) is 24.2. The minimum absolute atomic E-state index is 0.0481. The van der Waals surface area contributed by atoms with Gasteiger partial charge in [0, 0.05) is 42.2 Å². The third kappa shape index (κ3) is 5.13. The number of aryl methyl sites for hydroxylation is 1. The highest BCUT2D eigenvalue weighted by molar-refractivity contribution is 5.99. The number of carbonyl (C=O) groups excluding carboxylic acids is 1. The van der Waals surface area contributed by atoms with Crippen LogP contribution in [0, 0.1) is 0 Å². The van der Waals surface area contributed by atoms with Crippen molar-refractivity contribution >= 4 is 22.8 Å². The molecular formula is C26H32N2O4. The highest BCUT2D eigenvalue weighted by Gasteiger charge is 2.16. The molecule has 0 saturated heterocycles. The van der Waals surface area contributed by atoms with Crippen LogP contribution in [0.3, 0.4) is 0 Å². The lowest BCUT2D eigenvalue weighted by Crippen LogP contribution is -2.34. The standard InChI is InChI=1S/C26H32N2O4/c1-5-7-8-21(6-2)27-25(29)18-11-12-23-22(14-18)20(16-28(23)3)13-17-9-10-19(26(30)31)15-24(17)32-4/h9-12,14-16,21H,5-8,13H2,1-4H3,(H,27,29)(H,30,31). The number of carboxylic acids is 1. The van der Waals surface area contributed by atoms with E-state index in [0.717, 1.165) is 47.7 Å². The van der Waals surface area contributed by atoms with Crippen molar-refractivity contribution in [2.24, 2.45) is 7.05 Å². The number of methoxy groups -OCH3 is 1. The summed E-state index contributed by atoms with van der Waals surface area (Å²) in [5.74, 6) is -0.495. The quantitative estimate of drug-likeness (QED) is 0.459. The molecule has 1 aromatic heterocycles. The van der Waals surface area contributed by atoms with Gasteiger partial charge in [-0.05, 0) is 54.3 Å². The fourth-order valence-corrected chi connectivity index (χ4v) is 4.08. The van der Waals surface area contributed by atoms with Crippen LogP contribution in [0.1, 0.15) is 71.4 Å². The van der Waals surface area contributed by atoms with Crippen molar-refractivity contribution in [2.75, 3.05) is 7.11 Å². The van der Waals surface area contributed by atoms with Gasteiger partial charge in [0.05, 0.1) is 12.7 Å². The molecule has 6 heteroatoms. The van der Waals surface area contributed by atoms with Gasteiger partial charge in [-0.2, -0.15) is 0 Å². The van der Waals surface area contributed by atoms with E-state index in [-0.39, 0.29) is 17.5 Å². The van der Waals surface area contributed by atoms with Gasteiger partial charge in [0.2, 0.25) is 0 Å². The number of nitrogens with one attached hydrogen (secondary N) is 1. The van der Waals surface area contributed by atoms with Gasteiger partial charge in [-0.3, -0.25) is 4.79 Å². The fourth-order valence-electron chi connectivity index (χ4n) is 4.08. The number of benzene rings is 2. The zero-order valence-corrected chi connectivity index (χ0v) is 19.3. The molecule has 0 bridgehead atoms. The number of hydrogen-bond acceptors (Lipinski definition) is 3. The Labute approximate surface area is 189 Å². The van der Waals surface area contributed by atoms with E-state index in [0.29, 0.717) is 17.7 Å². The normalized spacial score (nSPS) is 12.0. The summed E-state index contributed by atoms with van der Waals surface area (Å²) < 4.78 is 7.49. The van der Waals surface area contributed by atoms with Gasteiger partial charge in [0.1, 0.15) is 5.75 Å². The smallest absolute Gasteiger partial charge is 0.335 e. The molecule has 0 aliphatic heterocycles. The summed E-state index contributed by atoms with van der Waals surface area (Å²) in [6.45, 7) is 4.26. The van der Waals surface area contributed by atoms with Gasteiger partial charge < -0.3 is 19.7 Å². The van der Waals surface area contributed by atoms with Crippen molar-refractivity contribution in [3.63, 3.8) is 0 Å². The fraction of sp³-hybridized carbons (Fsp3) is 0.385. The molecule has 0 saturated carbocycles. The number of amides is 1. The van der Waals surface area contributed by atoms with Crippen LogP contribution in [0.5, 0.6) is 5.75 Å². The van der Waals surface area contributed by atoms with Crippen molar-refractivity contribution < 1.29 is 19.4 Å².